The number of rotatable bonds is 5. The summed E-state index contributed by atoms with van der Waals surface area (Å²) in [6, 6.07) is -0.0196. The number of aliphatic hydroxyl groups is 1. The number of aliphatic hydroxyl groups excluding tert-OH is 1. The van der Waals surface area contributed by atoms with Crippen molar-refractivity contribution in [2.24, 2.45) is 25.2 Å². The van der Waals surface area contributed by atoms with Crippen molar-refractivity contribution in [3.8, 4) is 0 Å². The van der Waals surface area contributed by atoms with Gasteiger partial charge in [0.05, 0.1) is 53.9 Å². The third-order valence-corrected chi connectivity index (χ3v) is 9.59. The average Bonchev–Trinajstić information content (AvgIpc) is 3.84. The first-order chi connectivity index (χ1) is 21.2. The summed E-state index contributed by atoms with van der Waals surface area (Å²) < 4.78 is 4.97. The fraction of sp³-hybridized carbons (Fsp3) is 0.371. The number of hydrogen-bond donors (Lipinski definition) is 2. The Balaban J connectivity index is 1.53. The second kappa shape index (κ2) is 10.5. The second-order valence-electron chi connectivity index (χ2n) is 12.0. The number of H-pyrrole nitrogens is 1. The van der Waals surface area contributed by atoms with Crippen LogP contribution in [0.4, 0.5) is 0 Å². The van der Waals surface area contributed by atoms with Crippen molar-refractivity contribution in [1.29, 1.82) is 0 Å². The molecule has 224 valence electrons. The van der Waals surface area contributed by atoms with E-state index < -0.39 is 0 Å². The van der Waals surface area contributed by atoms with Crippen molar-refractivity contribution in [2.75, 3.05) is 13.7 Å². The fourth-order valence-electron chi connectivity index (χ4n) is 7.12. The van der Waals surface area contributed by atoms with Gasteiger partial charge < -0.3 is 14.8 Å². The standard InChI is InChI=1S/C35H36N6O3/c1-7-20-16(2)24-15-29-32(23-10-11-36-41-23)18(4)26(38-29)13-25-17(3)21(8-9-31(43)44-6)34(39-25)22-12-30(42)33-19(5)27(40-35(22)33)14-28(20)37-24/h13-15,23,38,42H,7-12H2,1-6H3. The number of allylic oxidation sites excluding steroid dienone is 8. The van der Waals surface area contributed by atoms with Crippen molar-refractivity contribution in [2.45, 2.75) is 72.8 Å². The van der Waals surface area contributed by atoms with E-state index in [0.29, 0.717) is 18.6 Å². The number of aliphatic imine (C=N–C) groups is 3. The summed E-state index contributed by atoms with van der Waals surface area (Å²) in [6.07, 6.45) is 9.03. The van der Waals surface area contributed by atoms with E-state index in [1.54, 1.807) is 0 Å². The molecule has 2 N–H and O–H groups in total. The highest BCUT2D eigenvalue weighted by Gasteiger charge is 2.37. The zero-order chi connectivity index (χ0) is 30.9. The second-order valence-corrected chi connectivity index (χ2v) is 12.0. The van der Waals surface area contributed by atoms with Gasteiger partial charge in [-0.2, -0.15) is 10.2 Å². The maximum atomic E-state index is 12.2. The summed E-state index contributed by atoms with van der Waals surface area (Å²) in [5.41, 5.74) is 14.1. The van der Waals surface area contributed by atoms with Gasteiger partial charge in [0, 0.05) is 40.2 Å². The summed E-state index contributed by atoms with van der Waals surface area (Å²) in [4.78, 5) is 31.3. The van der Waals surface area contributed by atoms with E-state index in [4.69, 9.17) is 19.7 Å². The van der Waals surface area contributed by atoms with Crippen LogP contribution in [0, 0.1) is 6.92 Å². The number of azo groups is 1. The lowest BCUT2D eigenvalue weighted by atomic mass is 9.95. The molecular weight excluding hydrogens is 552 g/mol. The molecule has 7 rings (SSSR count). The molecule has 1 atom stereocenters. The number of carbonyl (C=O) groups excluding carboxylic acids is 1. The fourth-order valence-corrected chi connectivity index (χ4v) is 7.12. The minimum Gasteiger partial charge on any atom is -0.511 e. The first-order valence-electron chi connectivity index (χ1n) is 15.3. The van der Waals surface area contributed by atoms with Gasteiger partial charge in [-0.25, -0.2) is 15.0 Å². The molecule has 0 radical (unpaired) electrons. The minimum atomic E-state index is -0.273. The molecular formula is C35H36N6O3. The van der Waals surface area contributed by atoms with E-state index >= 15 is 0 Å². The van der Waals surface area contributed by atoms with Crippen LogP contribution in [-0.2, 0) is 9.53 Å². The number of aromatic amines is 1. The lowest BCUT2D eigenvalue weighted by Gasteiger charge is -2.09. The molecule has 0 aromatic carbocycles. The third kappa shape index (κ3) is 4.28. The lowest BCUT2D eigenvalue weighted by Crippen LogP contribution is -2.16. The Bertz CT molecular complexity index is 2020. The average molecular weight is 589 g/mol. The van der Waals surface area contributed by atoms with Crippen LogP contribution in [-0.4, -0.2) is 46.8 Å². The summed E-state index contributed by atoms with van der Waals surface area (Å²) in [5, 5.41) is 22.1. The van der Waals surface area contributed by atoms with Gasteiger partial charge in [-0.15, -0.1) is 0 Å². The van der Waals surface area contributed by atoms with Crippen LogP contribution in [0.2, 0.25) is 0 Å². The minimum absolute atomic E-state index is 0.0196. The van der Waals surface area contributed by atoms with Crippen molar-refractivity contribution in [3.05, 3.63) is 89.8 Å². The number of hydrogen-bond acceptors (Lipinski definition) is 8. The molecule has 0 saturated heterocycles. The van der Waals surface area contributed by atoms with Crippen LogP contribution in [0.25, 0.3) is 12.2 Å². The maximum Gasteiger partial charge on any atom is 0.305 e. The normalized spacial score (nSPS) is 22.2. The number of ether oxygens (including phenoxy) is 1. The number of esters is 1. The molecule has 0 amide bonds. The summed E-state index contributed by atoms with van der Waals surface area (Å²) in [7, 11) is 1.41. The molecule has 6 heterocycles. The van der Waals surface area contributed by atoms with Crippen LogP contribution in [0.15, 0.2) is 93.1 Å². The molecule has 8 bridgehead atoms. The predicted octanol–water partition coefficient (Wildman–Crippen LogP) is 5.78. The van der Waals surface area contributed by atoms with Crippen LogP contribution in [0.5, 0.6) is 0 Å². The molecule has 44 heavy (non-hydrogen) atoms. The Morgan fingerprint density at radius 2 is 1.75 bits per heavy atom. The third-order valence-electron chi connectivity index (χ3n) is 9.59. The Labute approximate surface area is 256 Å². The van der Waals surface area contributed by atoms with Crippen molar-refractivity contribution in [3.63, 3.8) is 0 Å². The van der Waals surface area contributed by atoms with Crippen molar-refractivity contribution in [1.82, 2.24) is 4.98 Å². The summed E-state index contributed by atoms with van der Waals surface area (Å²) in [6.45, 7) is 11.2. The summed E-state index contributed by atoms with van der Waals surface area (Å²) in [5.74, 6) is 0.0211. The number of fused-ring (bicyclic) bond motifs is 5. The van der Waals surface area contributed by atoms with E-state index in [1.807, 2.05) is 19.9 Å². The van der Waals surface area contributed by atoms with Crippen LogP contribution >= 0.6 is 0 Å². The van der Waals surface area contributed by atoms with Gasteiger partial charge in [-0.1, -0.05) is 6.92 Å². The lowest BCUT2D eigenvalue weighted by molar-refractivity contribution is -0.140. The molecule has 1 unspecified atom stereocenters. The highest BCUT2D eigenvalue weighted by molar-refractivity contribution is 6.26. The predicted molar refractivity (Wildman–Crippen MR) is 172 cm³/mol. The van der Waals surface area contributed by atoms with Gasteiger partial charge >= 0.3 is 5.97 Å². The van der Waals surface area contributed by atoms with Gasteiger partial charge in [0.2, 0.25) is 0 Å². The Morgan fingerprint density at radius 3 is 2.48 bits per heavy atom. The van der Waals surface area contributed by atoms with Crippen molar-refractivity contribution >= 4 is 35.3 Å². The monoisotopic (exact) mass is 588 g/mol. The first-order valence-corrected chi connectivity index (χ1v) is 15.3. The maximum absolute atomic E-state index is 12.2. The van der Waals surface area contributed by atoms with E-state index in [9.17, 15) is 9.90 Å². The number of nitrogens with zero attached hydrogens (tertiary/aromatic N) is 5. The van der Waals surface area contributed by atoms with Gasteiger partial charge in [-0.3, -0.25) is 4.79 Å². The molecule has 6 aliphatic rings. The molecule has 1 aromatic heterocycles. The SMILES string of the molecule is CCC1=C(C)C2=NC1=CC1=C(C)C3=C(O)CC(=C4N=C(C=c5[nH]c(c(C6CCN=N6)c5C)=C2)C(C)=C4CCC(=O)OC)C3=N1. The molecule has 5 aliphatic heterocycles. The molecule has 1 aliphatic carbocycles. The zero-order valence-electron chi connectivity index (χ0n) is 26.1. The molecule has 1 aromatic rings. The molecule has 9 nitrogen and oxygen atoms in total. The van der Waals surface area contributed by atoms with Crippen LogP contribution < -0.4 is 10.7 Å². The van der Waals surface area contributed by atoms with Gasteiger partial charge in [-0.05, 0) is 98.6 Å². The first kappa shape index (κ1) is 28.1. The van der Waals surface area contributed by atoms with Gasteiger partial charge in [0.1, 0.15) is 5.76 Å². The highest BCUT2D eigenvalue weighted by atomic mass is 16.5. The van der Waals surface area contributed by atoms with Crippen LogP contribution in [0.1, 0.15) is 77.0 Å². The van der Waals surface area contributed by atoms with E-state index in [1.165, 1.54) is 12.7 Å². The molecule has 9 heteroatoms. The van der Waals surface area contributed by atoms with E-state index in [-0.39, 0.29) is 18.4 Å². The number of methoxy groups -OCH3 is 1. The van der Waals surface area contributed by atoms with Crippen molar-refractivity contribution < 1.29 is 14.6 Å². The number of nitrogens with one attached hydrogen (secondary N) is 1. The Hall–Kier alpha value is -4.66. The Kier molecular flexibility index (Phi) is 6.72. The van der Waals surface area contributed by atoms with Gasteiger partial charge in [0.25, 0.3) is 0 Å². The number of carbonyl (C=O) groups is 1. The van der Waals surface area contributed by atoms with E-state index in [2.05, 4.69) is 48.1 Å². The van der Waals surface area contributed by atoms with E-state index in [0.717, 1.165) is 109 Å². The summed E-state index contributed by atoms with van der Waals surface area (Å²) >= 11 is 0. The smallest absolute Gasteiger partial charge is 0.305 e. The molecule has 0 spiro atoms. The molecule has 0 fully saturated rings. The number of aromatic nitrogens is 1. The largest absolute Gasteiger partial charge is 0.511 e. The zero-order valence-corrected chi connectivity index (χ0v) is 26.1. The topological polar surface area (TPSA) is 124 Å². The quantitative estimate of drug-likeness (QED) is 0.424. The van der Waals surface area contributed by atoms with Gasteiger partial charge in [0.15, 0.2) is 0 Å². The highest BCUT2D eigenvalue weighted by Crippen LogP contribution is 2.44. The molecule has 0 saturated carbocycles. The Morgan fingerprint density at radius 1 is 1.00 bits per heavy atom. The van der Waals surface area contributed by atoms with Crippen LogP contribution in [0.3, 0.4) is 0 Å².